The molecule has 0 aromatic rings. The lowest BCUT2D eigenvalue weighted by atomic mass is 9.83. The molecule has 170 valence electrons. The molecule has 2 aliphatic heterocycles. The minimum absolute atomic E-state index is 0.0923. The second-order valence-electron chi connectivity index (χ2n) is 8.52. The summed E-state index contributed by atoms with van der Waals surface area (Å²) in [7, 11) is -2.89. The Morgan fingerprint density at radius 2 is 1.03 bits per heavy atom. The summed E-state index contributed by atoms with van der Waals surface area (Å²) in [4.78, 5) is 24.7. The van der Waals surface area contributed by atoms with Gasteiger partial charge in [-0.05, 0) is 25.7 Å². The van der Waals surface area contributed by atoms with Crippen molar-refractivity contribution >= 4 is 19.8 Å². The van der Waals surface area contributed by atoms with Crippen LogP contribution in [0, 0.1) is 11.8 Å². The Bertz CT molecular complexity index is 581. The number of carbonyl (C=O) groups is 2. The quantitative estimate of drug-likeness (QED) is 0.520. The zero-order chi connectivity index (χ0) is 21.0. The summed E-state index contributed by atoms with van der Waals surface area (Å²) in [5.41, 5.74) is 0. The van der Waals surface area contributed by atoms with Gasteiger partial charge in [-0.1, -0.05) is 0 Å². The number of Topliss-reactive ketones (excluding diaryl/α,β-unsaturated/α-hetero) is 2. The fourth-order valence-corrected chi connectivity index (χ4v) is 5.47. The maximum atomic E-state index is 12.3. The zero-order valence-electron chi connectivity index (χ0n) is 17.2. The van der Waals surface area contributed by atoms with E-state index in [0.29, 0.717) is 77.8 Å². The highest BCUT2D eigenvalue weighted by Crippen LogP contribution is 2.40. The van der Waals surface area contributed by atoms with Crippen LogP contribution in [0.15, 0.2) is 0 Å². The normalized spacial score (nSPS) is 29.4. The monoisotopic (exact) mass is 446 g/mol. The highest BCUT2D eigenvalue weighted by molar-refractivity contribution is 7.33. The van der Waals surface area contributed by atoms with Crippen molar-refractivity contribution in [2.24, 2.45) is 11.8 Å². The van der Waals surface area contributed by atoms with E-state index in [4.69, 9.17) is 28.0 Å². The van der Waals surface area contributed by atoms with E-state index < -0.39 is 19.8 Å². The molecule has 2 saturated heterocycles. The van der Waals surface area contributed by atoms with Crippen LogP contribution in [-0.2, 0) is 42.1 Å². The fourth-order valence-electron chi connectivity index (χ4n) is 4.87. The second-order valence-corrected chi connectivity index (χ2v) is 9.60. The molecule has 4 rings (SSSR count). The summed E-state index contributed by atoms with van der Waals surface area (Å²) in [5.74, 6) is -1.49. The first-order valence-corrected chi connectivity index (χ1v) is 12.1. The molecular weight excluding hydrogens is 415 g/mol. The highest BCUT2D eigenvalue weighted by Gasteiger charge is 2.43. The largest absolute Gasteiger partial charge is 0.348 e. The number of hydrogen-bond acceptors (Lipinski definition) is 9. The molecule has 10 heteroatoms. The van der Waals surface area contributed by atoms with E-state index in [-0.39, 0.29) is 36.6 Å². The van der Waals surface area contributed by atoms with Crippen LogP contribution in [0.25, 0.3) is 0 Å². The highest BCUT2D eigenvalue weighted by atomic mass is 31.1. The van der Waals surface area contributed by atoms with Gasteiger partial charge in [0, 0.05) is 37.5 Å². The molecular formula is C20H31O9P. The van der Waals surface area contributed by atoms with Crippen LogP contribution in [0.1, 0.15) is 51.4 Å². The number of rotatable bonds is 8. The van der Waals surface area contributed by atoms with Crippen molar-refractivity contribution in [3.05, 3.63) is 0 Å². The summed E-state index contributed by atoms with van der Waals surface area (Å²) in [6.07, 6.45) is 5.39. The van der Waals surface area contributed by atoms with Gasteiger partial charge in [0.2, 0.25) is 0 Å². The number of ketones is 2. The first-order valence-electron chi connectivity index (χ1n) is 10.9. The van der Waals surface area contributed by atoms with Gasteiger partial charge in [-0.3, -0.25) is 14.2 Å². The molecule has 2 spiro atoms. The molecule has 30 heavy (non-hydrogen) atoms. The van der Waals surface area contributed by atoms with Crippen LogP contribution in [0.3, 0.4) is 0 Å². The molecule has 0 bridgehead atoms. The molecule has 2 heterocycles. The molecule has 4 aliphatic rings. The Morgan fingerprint density at radius 1 is 0.700 bits per heavy atom. The van der Waals surface area contributed by atoms with Crippen molar-refractivity contribution < 1.29 is 42.1 Å². The van der Waals surface area contributed by atoms with Crippen molar-refractivity contribution in [1.29, 1.82) is 0 Å². The summed E-state index contributed by atoms with van der Waals surface area (Å²) in [5, 5.41) is 0. The van der Waals surface area contributed by atoms with E-state index in [1.54, 1.807) is 0 Å². The minimum Gasteiger partial charge on any atom is -0.348 e. The molecule has 2 saturated carbocycles. The average molecular weight is 446 g/mol. The fraction of sp³-hybridized carbons (Fsp3) is 0.900. The molecule has 0 aromatic heterocycles. The maximum Gasteiger partial charge on any atom is 0.319 e. The number of hydrogen-bond donors (Lipinski definition) is 0. The van der Waals surface area contributed by atoms with Crippen molar-refractivity contribution in [2.45, 2.75) is 62.9 Å². The van der Waals surface area contributed by atoms with Crippen LogP contribution in [0.5, 0.6) is 0 Å². The Labute approximate surface area is 177 Å². The zero-order valence-corrected chi connectivity index (χ0v) is 18.2. The SMILES string of the molecule is O=C(CO[PH](=O)OCC(=O)C1CCC2(CC1)OCCO2)C1CCC2(CC1)OCCO2. The lowest BCUT2D eigenvalue weighted by molar-refractivity contribution is -0.184. The van der Waals surface area contributed by atoms with E-state index in [9.17, 15) is 14.2 Å². The molecule has 0 unspecified atom stereocenters. The third-order valence-electron chi connectivity index (χ3n) is 6.70. The molecule has 2 aliphatic carbocycles. The molecule has 0 aromatic carbocycles. The third-order valence-corrected chi connectivity index (χ3v) is 7.46. The van der Waals surface area contributed by atoms with Crippen LogP contribution < -0.4 is 0 Å². The topological polar surface area (TPSA) is 107 Å². The van der Waals surface area contributed by atoms with Gasteiger partial charge in [-0.25, -0.2) is 0 Å². The molecule has 4 fully saturated rings. The van der Waals surface area contributed by atoms with E-state index in [0.717, 1.165) is 0 Å². The lowest BCUT2D eigenvalue weighted by Crippen LogP contribution is -2.37. The smallest absolute Gasteiger partial charge is 0.319 e. The van der Waals surface area contributed by atoms with Gasteiger partial charge in [0.25, 0.3) is 0 Å². The van der Waals surface area contributed by atoms with Gasteiger partial charge in [0.1, 0.15) is 13.2 Å². The third kappa shape index (κ3) is 5.38. The van der Waals surface area contributed by atoms with Crippen LogP contribution in [-0.4, -0.2) is 62.8 Å². The maximum absolute atomic E-state index is 12.3. The standard InChI is InChI=1S/C20H31O9P/c21-17(15-1-5-19(6-2-15)24-9-10-25-19)13-28-30(23)29-14-18(22)16-3-7-20(8-4-16)26-11-12-27-20/h15-16,30H,1-14H2. The summed E-state index contributed by atoms with van der Waals surface area (Å²) in [6.45, 7) is 1.89. The van der Waals surface area contributed by atoms with Crippen molar-refractivity contribution in [3.8, 4) is 0 Å². The molecule has 0 radical (unpaired) electrons. The Balaban J connectivity index is 1.11. The Hall–Kier alpha value is -0.670. The molecule has 0 atom stereocenters. The Kier molecular flexibility index (Phi) is 7.40. The van der Waals surface area contributed by atoms with Crippen LogP contribution in [0.2, 0.25) is 0 Å². The molecule has 9 nitrogen and oxygen atoms in total. The first kappa shape index (κ1) is 22.5. The first-order chi connectivity index (χ1) is 14.5. The van der Waals surface area contributed by atoms with Crippen molar-refractivity contribution in [2.75, 3.05) is 39.6 Å². The van der Waals surface area contributed by atoms with Gasteiger partial charge in [0.05, 0.1) is 26.4 Å². The van der Waals surface area contributed by atoms with E-state index in [2.05, 4.69) is 0 Å². The lowest BCUT2D eigenvalue weighted by Gasteiger charge is -2.34. The predicted molar refractivity (Wildman–Crippen MR) is 104 cm³/mol. The van der Waals surface area contributed by atoms with Crippen LogP contribution in [0.4, 0.5) is 0 Å². The summed E-state index contributed by atoms with van der Waals surface area (Å²) >= 11 is 0. The van der Waals surface area contributed by atoms with Crippen molar-refractivity contribution in [3.63, 3.8) is 0 Å². The summed E-state index contributed by atoms with van der Waals surface area (Å²) < 4.78 is 44.9. The predicted octanol–water partition coefficient (Wildman–Crippen LogP) is 2.41. The summed E-state index contributed by atoms with van der Waals surface area (Å²) in [6, 6.07) is 0. The van der Waals surface area contributed by atoms with Crippen LogP contribution >= 0.6 is 8.25 Å². The molecule has 0 amide bonds. The van der Waals surface area contributed by atoms with E-state index in [1.807, 2.05) is 0 Å². The minimum atomic E-state index is -2.89. The number of ether oxygens (including phenoxy) is 4. The van der Waals surface area contributed by atoms with Crippen molar-refractivity contribution in [1.82, 2.24) is 0 Å². The van der Waals surface area contributed by atoms with Gasteiger partial charge in [0.15, 0.2) is 23.1 Å². The van der Waals surface area contributed by atoms with E-state index >= 15 is 0 Å². The van der Waals surface area contributed by atoms with E-state index in [1.165, 1.54) is 0 Å². The van der Waals surface area contributed by atoms with Gasteiger partial charge in [-0.15, -0.1) is 0 Å². The molecule has 0 N–H and O–H groups in total. The number of carbonyl (C=O) groups excluding carboxylic acids is 2. The van der Waals surface area contributed by atoms with Gasteiger partial charge in [-0.2, -0.15) is 0 Å². The Morgan fingerprint density at radius 3 is 1.37 bits per heavy atom. The van der Waals surface area contributed by atoms with Gasteiger partial charge < -0.3 is 28.0 Å². The average Bonchev–Trinajstić information content (AvgIpc) is 3.41. The van der Waals surface area contributed by atoms with Gasteiger partial charge >= 0.3 is 8.25 Å². The second kappa shape index (κ2) is 9.86.